The number of hydrogen-bond acceptors (Lipinski definition) is 6. The van der Waals surface area contributed by atoms with Gasteiger partial charge in [-0.1, -0.05) is 17.7 Å². The fourth-order valence-electron chi connectivity index (χ4n) is 2.97. The second-order valence-electron chi connectivity index (χ2n) is 6.58. The zero-order valence-corrected chi connectivity index (χ0v) is 16.1. The number of halogens is 3. The third kappa shape index (κ3) is 5.01. The fourth-order valence-corrected chi connectivity index (χ4v) is 2.97. The van der Waals surface area contributed by atoms with Gasteiger partial charge in [-0.3, -0.25) is 25.0 Å². The van der Waals surface area contributed by atoms with Crippen molar-refractivity contribution < 1.29 is 27.8 Å². The number of aryl methyl sites for hydroxylation is 3. The lowest BCUT2D eigenvalue weighted by Gasteiger charge is -2.14. The monoisotopic (exact) mass is 426 g/mol. The molecule has 0 aliphatic carbocycles. The first-order chi connectivity index (χ1) is 13.8. The smallest absolute Gasteiger partial charge is 0.365 e. The Morgan fingerprint density at radius 1 is 0.933 bits per heavy atom. The molecule has 1 amide bonds. The lowest BCUT2D eigenvalue weighted by atomic mass is 10.1. The van der Waals surface area contributed by atoms with Crippen molar-refractivity contribution in [2.24, 2.45) is 0 Å². The minimum atomic E-state index is -5.02. The number of benzene rings is 2. The summed E-state index contributed by atoms with van der Waals surface area (Å²) in [7, 11) is 0. The van der Waals surface area contributed by atoms with E-state index in [1.165, 1.54) is 0 Å². The maximum absolute atomic E-state index is 12.9. The molecule has 0 saturated heterocycles. The minimum Gasteiger partial charge on any atom is -0.365 e. The van der Waals surface area contributed by atoms with Crippen LogP contribution in [0.15, 0.2) is 24.3 Å². The van der Waals surface area contributed by atoms with Gasteiger partial charge < -0.3 is 10.6 Å². The van der Waals surface area contributed by atoms with E-state index in [0.717, 1.165) is 16.7 Å². The molecule has 0 aliphatic rings. The van der Waals surface area contributed by atoms with Gasteiger partial charge >= 0.3 is 6.18 Å². The molecule has 2 aromatic carbocycles. The van der Waals surface area contributed by atoms with Crippen LogP contribution in [0.25, 0.3) is 0 Å². The van der Waals surface area contributed by atoms with Crippen molar-refractivity contribution in [3.05, 3.63) is 66.7 Å². The van der Waals surface area contributed by atoms with Gasteiger partial charge in [0, 0.05) is 17.8 Å². The van der Waals surface area contributed by atoms with Crippen molar-refractivity contribution in [1.29, 1.82) is 0 Å². The van der Waals surface area contributed by atoms with Crippen molar-refractivity contribution in [2.45, 2.75) is 26.9 Å². The molecule has 30 heavy (non-hydrogen) atoms. The molecule has 2 N–H and O–H groups in total. The third-order valence-corrected chi connectivity index (χ3v) is 4.18. The SMILES string of the molecule is Cc1cc(C)c(NC(=O)CNc2c([N+](=O)[O-])cc(C(F)(F)F)cc2[N+](=O)[O-])c(C)c1. The van der Waals surface area contributed by atoms with Gasteiger partial charge in [0.25, 0.3) is 11.4 Å². The number of anilines is 2. The zero-order chi connectivity index (χ0) is 22.8. The van der Waals surface area contributed by atoms with E-state index in [9.17, 15) is 38.2 Å². The van der Waals surface area contributed by atoms with Crippen LogP contribution in [0.5, 0.6) is 0 Å². The molecular formula is C18H17F3N4O5. The Morgan fingerprint density at radius 3 is 1.80 bits per heavy atom. The van der Waals surface area contributed by atoms with Gasteiger partial charge in [-0.15, -0.1) is 0 Å². The average Bonchev–Trinajstić information content (AvgIpc) is 2.61. The second-order valence-corrected chi connectivity index (χ2v) is 6.58. The molecule has 0 saturated carbocycles. The lowest BCUT2D eigenvalue weighted by Crippen LogP contribution is -2.23. The molecule has 9 nitrogen and oxygen atoms in total. The van der Waals surface area contributed by atoms with Crippen LogP contribution in [0.1, 0.15) is 22.3 Å². The van der Waals surface area contributed by atoms with Gasteiger partial charge in [-0.2, -0.15) is 13.2 Å². The van der Waals surface area contributed by atoms with Gasteiger partial charge in [0.1, 0.15) is 0 Å². The van der Waals surface area contributed by atoms with E-state index in [1.807, 2.05) is 19.1 Å². The van der Waals surface area contributed by atoms with Crippen LogP contribution in [0.4, 0.5) is 35.9 Å². The average molecular weight is 426 g/mol. The molecule has 0 aromatic heterocycles. The van der Waals surface area contributed by atoms with E-state index in [4.69, 9.17) is 0 Å². The highest BCUT2D eigenvalue weighted by Crippen LogP contribution is 2.41. The second kappa shape index (κ2) is 8.35. The molecule has 2 rings (SSSR count). The first-order valence-corrected chi connectivity index (χ1v) is 8.47. The predicted octanol–water partition coefficient (Wildman–Crippen LogP) is 4.50. The number of carbonyl (C=O) groups is 1. The van der Waals surface area contributed by atoms with Gasteiger partial charge in [0.05, 0.1) is 22.0 Å². The van der Waals surface area contributed by atoms with Gasteiger partial charge in [0.2, 0.25) is 5.91 Å². The molecule has 0 aliphatic heterocycles. The van der Waals surface area contributed by atoms with E-state index < -0.39 is 51.1 Å². The predicted molar refractivity (Wildman–Crippen MR) is 103 cm³/mol. The Kier molecular flexibility index (Phi) is 6.29. The molecule has 12 heteroatoms. The number of nitro benzene ring substituents is 2. The van der Waals surface area contributed by atoms with E-state index in [1.54, 1.807) is 13.8 Å². The number of amides is 1. The summed E-state index contributed by atoms with van der Waals surface area (Å²) < 4.78 is 38.8. The Balaban J connectivity index is 2.35. The molecule has 0 bridgehead atoms. The number of nitrogens with zero attached hydrogens (tertiary/aromatic N) is 2. The van der Waals surface area contributed by atoms with Crippen LogP contribution < -0.4 is 10.6 Å². The number of carbonyl (C=O) groups excluding carboxylic acids is 1. The maximum Gasteiger partial charge on any atom is 0.416 e. The zero-order valence-electron chi connectivity index (χ0n) is 16.1. The summed E-state index contributed by atoms with van der Waals surface area (Å²) in [4.78, 5) is 32.3. The molecule has 160 valence electrons. The summed E-state index contributed by atoms with van der Waals surface area (Å²) in [6.07, 6.45) is -5.02. The van der Waals surface area contributed by atoms with Crippen LogP contribution in [-0.2, 0) is 11.0 Å². The molecule has 0 heterocycles. The van der Waals surface area contributed by atoms with Crippen molar-refractivity contribution in [3.63, 3.8) is 0 Å². The number of rotatable bonds is 6. The van der Waals surface area contributed by atoms with Crippen LogP contribution in [0.3, 0.4) is 0 Å². The molecule has 0 atom stereocenters. The summed E-state index contributed by atoms with van der Waals surface area (Å²) in [5.74, 6) is -0.687. The minimum absolute atomic E-state index is 0.182. The lowest BCUT2D eigenvalue weighted by molar-refractivity contribution is -0.392. The van der Waals surface area contributed by atoms with E-state index >= 15 is 0 Å². The first kappa shape index (κ1) is 22.6. The van der Waals surface area contributed by atoms with Crippen molar-refractivity contribution in [2.75, 3.05) is 17.2 Å². The van der Waals surface area contributed by atoms with E-state index in [-0.39, 0.29) is 12.1 Å². The Labute approximate surface area is 168 Å². The van der Waals surface area contributed by atoms with Crippen LogP contribution in [0.2, 0.25) is 0 Å². The third-order valence-electron chi connectivity index (χ3n) is 4.18. The molecule has 0 unspecified atom stereocenters. The summed E-state index contributed by atoms with van der Waals surface area (Å²) in [6, 6.07) is 4.01. The van der Waals surface area contributed by atoms with Crippen molar-refractivity contribution in [1.82, 2.24) is 0 Å². The Morgan fingerprint density at radius 2 is 1.40 bits per heavy atom. The molecular weight excluding hydrogens is 409 g/mol. The highest BCUT2D eigenvalue weighted by Gasteiger charge is 2.37. The van der Waals surface area contributed by atoms with Crippen molar-refractivity contribution >= 4 is 28.7 Å². The standard InChI is InChI=1S/C18H17F3N4O5/c1-9-4-10(2)16(11(3)5-9)23-15(26)8-22-17-13(24(27)28)6-12(18(19,20)21)7-14(17)25(29)30/h4-7,22H,8H2,1-3H3,(H,23,26). The summed E-state index contributed by atoms with van der Waals surface area (Å²) >= 11 is 0. The maximum atomic E-state index is 12.9. The first-order valence-electron chi connectivity index (χ1n) is 8.47. The molecule has 0 fully saturated rings. The van der Waals surface area contributed by atoms with Crippen molar-refractivity contribution in [3.8, 4) is 0 Å². The molecule has 0 spiro atoms. The van der Waals surface area contributed by atoms with Crippen LogP contribution >= 0.6 is 0 Å². The molecule has 2 aromatic rings. The number of alkyl halides is 3. The van der Waals surface area contributed by atoms with Gasteiger partial charge in [-0.25, -0.2) is 0 Å². The highest BCUT2D eigenvalue weighted by molar-refractivity contribution is 5.96. The summed E-state index contributed by atoms with van der Waals surface area (Å²) in [5.41, 5.74) is -1.66. The largest absolute Gasteiger partial charge is 0.416 e. The van der Waals surface area contributed by atoms with E-state index in [0.29, 0.717) is 5.69 Å². The quantitative estimate of drug-likeness (QED) is 0.517. The van der Waals surface area contributed by atoms with Crippen LogP contribution in [-0.4, -0.2) is 22.3 Å². The number of hydrogen-bond donors (Lipinski definition) is 2. The Bertz CT molecular complexity index is 979. The van der Waals surface area contributed by atoms with Gasteiger partial charge in [-0.05, 0) is 31.9 Å². The fraction of sp³-hybridized carbons (Fsp3) is 0.278. The Hall–Kier alpha value is -3.70. The van der Waals surface area contributed by atoms with Crippen LogP contribution in [0, 0.1) is 41.0 Å². The summed E-state index contributed by atoms with van der Waals surface area (Å²) in [5, 5.41) is 27.2. The molecule has 0 radical (unpaired) electrons. The van der Waals surface area contributed by atoms with E-state index in [2.05, 4.69) is 10.6 Å². The summed E-state index contributed by atoms with van der Waals surface area (Å²) in [6.45, 7) is 4.75. The highest BCUT2D eigenvalue weighted by atomic mass is 19.4. The normalized spacial score (nSPS) is 11.1. The number of nitrogens with one attached hydrogen (secondary N) is 2. The topological polar surface area (TPSA) is 127 Å². The number of nitro groups is 2. The van der Waals surface area contributed by atoms with Gasteiger partial charge in [0.15, 0.2) is 5.69 Å².